The van der Waals surface area contributed by atoms with Crippen LogP contribution in [0.5, 0.6) is 5.75 Å². The van der Waals surface area contributed by atoms with E-state index < -0.39 is 10.0 Å². The molecule has 0 saturated carbocycles. The van der Waals surface area contributed by atoms with Crippen LogP contribution in [0.4, 0.5) is 0 Å². The molecule has 1 amide bonds. The number of nitrogens with two attached hydrogens (primary N) is 1. The molecule has 7 heteroatoms. The molecule has 0 spiro atoms. The van der Waals surface area contributed by atoms with Crippen molar-refractivity contribution < 1.29 is 17.9 Å². The van der Waals surface area contributed by atoms with Crippen LogP contribution in [-0.2, 0) is 21.2 Å². The molecule has 2 rings (SSSR count). The van der Waals surface area contributed by atoms with Gasteiger partial charge < -0.3 is 9.64 Å². The second-order valence-electron chi connectivity index (χ2n) is 6.04. The van der Waals surface area contributed by atoms with E-state index in [2.05, 4.69) is 0 Å². The van der Waals surface area contributed by atoms with Gasteiger partial charge in [-0.05, 0) is 42.7 Å². The summed E-state index contributed by atoms with van der Waals surface area (Å²) >= 11 is 0. The summed E-state index contributed by atoms with van der Waals surface area (Å²) in [6.07, 6.45) is 0.826. The highest BCUT2D eigenvalue weighted by Crippen LogP contribution is 2.22. The van der Waals surface area contributed by atoms with Gasteiger partial charge in [0, 0.05) is 7.05 Å². The van der Waals surface area contributed by atoms with Gasteiger partial charge in [0.1, 0.15) is 5.75 Å². The van der Waals surface area contributed by atoms with E-state index in [1.807, 2.05) is 38.1 Å². The van der Waals surface area contributed by atoms with Crippen molar-refractivity contribution in [3.8, 4) is 5.75 Å². The van der Waals surface area contributed by atoms with Gasteiger partial charge in [-0.3, -0.25) is 4.79 Å². The molecule has 0 aliphatic heterocycles. The maximum atomic E-state index is 12.4. The van der Waals surface area contributed by atoms with Gasteiger partial charge >= 0.3 is 0 Å². The predicted molar refractivity (Wildman–Crippen MR) is 100 cm³/mol. The molecule has 140 valence electrons. The zero-order chi connectivity index (χ0) is 19.3. The lowest BCUT2D eigenvalue weighted by Gasteiger charge is -2.25. The first-order chi connectivity index (χ1) is 12.2. The van der Waals surface area contributed by atoms with Gasteiger partial charge in [0.2, 0.25) is 10.0 Å². The zero-order valence-electron chi connectivity index (χ0n) is 15.2. The van der Waals surface area contributed by atoms with Crippen LogP contribution in [0.1, 0.15) is 31.0 Å². The summed E-state index contributed by atoms with van der Waals surface area (Å²) in [7, 11) is -2.04. The molecule has 1 unspecified atom stereocenters. The van der Waals surface area contributed by atoms with Crippen molar-refractivity contribution in [3.63, 3.8) is 0 Å². The number of likely N-dealkylation sites (N-methyl/N-ethyl adjacent to an activating group) is 1. The molecule has 1 atom stereocenters. The highest BCUT2D eigenvalue weighted by molar-refractivity contribution is 7.89. The van der Waals surface area contributed by atoms with Crippen molar-refractivity contribution in [3.05, 3.63) is 59.7 Å². The van der Waals surface area contributed by atoms with Crippen LogP contribution in [0.15, 0.2) is 53.4 Å². The first kappa shape index (κ1) is 19.9. The molecule has 0 aliphatic rings. The van der Waals surface area contributed by atoms with E-state index in [9.17, 15) is 13.2 Å². The summed E-state index contributed by atoms with van der Waals surface area (Å²) in [6.45, 7) is 3.83. The second kappa shape index (κ2) is 8.33. The van der Waals surface area contributed by atoms with Gasteiger partial charge in [0.15, 0.2) is 6.61 Å². The van der Waals surface area contributed by atoms with Crippen molar-refractivity contribution in [2.24, 2.45) is 5.14 Å². The van der Waals surface area contributed by atoms with Gasteiger partial charge in [0.05, 0.1) is 10.9 Å². The molecular formula is C19H24N2O4S. The van der Waals surface area contributed by atoms with Gasteiger partial charge in [0.25, 0.3) is 5.91 Å². The molecule has 0 fully saturated rings. The van der Waals surface area contributed by atoms with Crippen molar-refractivity contribution >= 4 is 15.9 Å². The van der Waals surface area contributed by atoms with E-state index in [4.69, 9.17) is 9.88 Å². The van der Waals surface area contributed by atoms with E-state index in [1.165, 1.54) is 12.1 Å². The van der Waals surface area contributed by atoms with Crippen molar-refractivity contribution in [1.82, 2.24) is 4.90 Å². The fourth-order valence-electron chi connectivity index (χ4n) is 2.55. The average Bonchev–Trinajstić information content (AvgIpc) is 2.64. The number of benzene rings is 2. The molecule has 2 N–H and O–H groups in total. The quantitative estimate of drug-likeness (QED) is 0.804. The van der Waals surface area contributed by atoms with Gasteiger partial charge in [-0.1, -0.05) is 37.3 Å². The standard InChI is InChI=1S/C19H24N2O4S/c1-4-15-7-5-6-8-18(15)25-13-19(22)21(3)14(2)16-9-11-17(12-10-16)26(20,23)24/h5-12,14H,4,13H2,1-3H3,(H2,20,23,24). The minimum atomic E-state index is -3.73. The first-order valence-electron chi connectivity index (χ1n) is 8.33. The number of amides is 1. The number of hydrogen-bond acceptors (Lipinski definition) is 4. The lowest BCUT2D eigenvalue weighted by atomic mass is 10.1. The van der Waals surface area contributed by atoms with E-state index in [0.29, 0.717) is 5.75 Å². The number of carbonyl (C=O) groups is 1. The summed E-state index contributed by atoms with van der Waals surface area (Å²) in [6, 6.07) is 13.6. The molecule has 2 aromatic rings. The van der Waals surface area contributed by atoms with E-state index in [0.717, 1.165) is 17.5 Å². The van der Waals surface area contributed by atoms with Crippen LogP contribution >= 0.6 is 0 Å². The van der Waals surface area contributed by atoms with Crippen molar-refractivity contribution in [2.75, 3.05) is 13.7 Å². The highest BCUT2D eigenvalue weighted by Gasteiger charge is 2.19. The molecule has 2 aromatic carbocycles. The highest BCUT2D eigenvalue weighted by atomic mass is 32.2. The van der Waals surface area contributed by atoms with E-state index >= 15 is 0 Å². The lowest BCUT2D eigenvalue weighted by molar-refractivity contribution is -0.134. The van der Waals surface area contributed by atoms with E-state index in [-0.39, 0.29) is 23.5 Å². The fourth-order valence-corrected chi connectivity index (χ4v) is 3.07. The second-order valence-corrected chi connectivity index (χ2v) is 7.61. The number of hydrogen-bond donors (Lipinski definition) is 1. The Morgan fingerprint density at radius 3 is 2.35 bits per heavy atom. The largest absolute Gasteiger partial charge is 0.483 e. The molecule has 6 nitrogen and oxygen atoms in total. The molecule has 0 heterocycles. The van der Waals surface area contributed by atoms with Gasteiger partial charge in [-0.25, -0.2) is 13.6 Å². The third-order valence-corrected chi connectivity index (χ3v) is 5.30. The topological polar surface area (TPSA) is 89.7 Å². The first-order valence-corrected chi connectivity index (χ1v) is 9.87. The Hall–Kier alpha value is -2.38. The Bertz CT molecular complexity index is 863. The maximum absolute atomic E-state index is 12.4. The number of carbonyl (C=O) groups excluding carboxylic acids is 1. The van der Waals surface area contributed by atoms with Crippen LogP contribution < -0.4 is 9.88 Å². The fraction of sp³-hybridized carbons (Fsp3) is 0.316. The van der Waals surface area contributed by atoms with Crippen LogP contribution in [-0.4, -0.2) is 32.9 Å². The minimum Gasteiger partial charge on any atom is -0.483 e. The summed E-state index contributed by atoms with van der Waals surface area (Å²) in [5.41, 5.74) is 1.86. The Kier molecular flexibility index (Phi) is 6.39. The molecule has 26 heavy (non-hydrogen) atoms. The molecule has 0 bridgehead atoms. The summed E-state index contributed by atoms with van der Waals surface area (Å²) < 4.78 is 28.3. The molecule has 0 aliphatic carbocycles. The number of rotatable bonds is 7. The van der Waals surface area contributed by atoms with E-state index in [1.54, 1.807) is 24.1 Å². The van der Waals surface area contributed by atoms with Crippen molar-refractivity contribution in [2.45, 2.75) is 31.2 Å². The Labute approximate surface area is 154 Å². The number of nitrogens with zero attached hydrogens (tertiary/aromatic N) is 1. The van der Waals surface area contributed by atoms with Crippen LogP contribution in [0, 0.1) is 0 Å². The summed E-state index contributed by atoms with van der Waals surface area (Å²) in [5.74, 6) is 0.542. The predicted octanol–water partition coefficient (Wildman–Crippen LogP) is 2.49. The third-order valence-electron chi connectivity index (χ3n) is 4.37. The minimum absolute atomic E-state index is 0.0435. The van der Waals surface area contributed by atoms with Gasteiger partial charge in [-0.2, -0.15) is 0 Å². The molecular weight excluding hydrogens is 352 g/mol. The van der Waals surface area contributed by atoms with Gasteiger partial charge in [-0.15, -0.1) is 0 Å². The van der Waals surface area contributed by atoms with Crippen LogP contribution in [0.3, 0.4) is 0 Å². The SMILES string of the molecule is CCc1ccccc1OCC(=O)N(C)C(C)c1ccc(S(N)(=O)=O)cc1. The summed E-state index contributed by atoms with van der Waals surface area (Å²) in [4.78, 5) is 14.1. The van der Waals surface area contributed by atoms with Crippen LogP contribution in [0.25, 0.3) is 0 Å². The normalized spacial score (nSPS) is 12.5. The summed E-state index contributed by atoms with van der Waals surface area (Å²) in [5, 5.41) is 5.10. The number of sulfonamides is 1. The lowest BCUT2D eigenvalue weighted by Crippen LogP contribution is -2.33. The third kappa shape index (κ3) is 4.83. The smallest absolute Gasteiger partial charge is 0.260 e. The number of primary sulfonamides is 1. The number of aryl methyl sites for hydroxylation is 1. The molecule has 0 aromatic heterocycles. The molecule has 0 radical (unpaired) electrons. The molecule has 0 saturated heterocycles. The number of para-hydroxylation sites is 1. The Morgan fingerprint density at radius 1 is 1.15 bits per heavy atom. The maximum Gasteiger partial charge on any atom is 0.260 e. The average molecular weight is 376 g/mol. The Balaban J connectivity index is 2.03. The Morgan fingerprint density at radius 2 is 1.77 bits per heavy atom. The van der Waals surface area contributed by atoms with Crippen molar-refractivity contribution in [1.29, 1.82) is 0 Å². The van der Waals surface area contributed by atoms with Crippen LogP contribution in [0.2, 0.25) is 0 Å². The zero-order valence-corrected chi connectivity index (χ0v) is 16.0. The monoisotopic (exact) mass is 376 g/mol. The number of ether oxygens (including phenoxy) is 1.